The number of aromatic nitrogens is 2. The minimum atomic E-state index is -0.882. The van der Waals surface area contributed by atoms with Gasteiger partial charge in [0.25, 0.3) is 5.56 Å². The molecule has 2 aromatic rings. The highest BCUT2D eigenvalue weighted by Crippen LogP contribution is 2.12. The number of aliphatic carboxylic acids is 1. The van der Waals surface area contributed by atoms with E-state index in [1.54, 1.807) is 16.0 Å². The van der Waals surface area contributed by atoms with E-state index >= 15 is 0 Å². The lowest BCUT2D eigenvalue weighted by atomic mass is 10.3. The summed E-state index contributed by atoms with van der Waals surface area (Å²) in [6, 6.07) is 5.16. The van der Waals surface area contributed by atoms with Crippen LogP contribution in [0.3, 0.4) is 0 Å². The summed E-state index contributed by atoms with van der Waals surface area (Å²) in [5.74, 6) is -0.882. The van der Waals surface area contributed by atoms with E-state index in [1.807, 2.05) is 13.0 Å². The maximum absolute atomic E-state index is 11.7. The number of rotatable bonds is 5. The van der Waals surface area contributed by atoms with Crippen LogP contribution in [0.15, 0.2) is 28.4 Å². The first kappa shape index (κ1) is 13.5. The van der Waals surface area contributed by atoms with E-state index in [2.05, 4.69) is 4.98 Å². The maximum atomic E-state index is 11.7. The van der Waals surface area contributed by atoms with Crippen molar-refractivity contribution in [3.63, 3.8) is 0 Å². The molecule has 2 aromatic heterocycles. The van der Waals surface area contributed by atoms with Gasteiger partial charge >= 0.3 is 5.97 Å². The predicted octanol–water partition coefficient (Wildman–Crippen LogP) is 1.48. The molecule has 19 heavy (non-hydrogen) atoms. The third kappa shape index (κ3) is 3.51. The highest BCUT2D eigenvalue weighted by atomic mass is 32.1. The van der Waals surface area contributed by atoms with Crippen LogP contribution >= 0.6 is 11.3 Å². The molecule has 6 heteroatoms. The van der Waals surface area contributed by atoms with Gasteiger partial charge in [-0.2, -0.15) is 0 Å². The highest BCUT2D eigenvalue weighted by Gasteiger charge is 2.07. The minimum absolute atomic E-state index is 0.0256. The fraction of sp³-hybridized carbons (Fsp3) is 0.308. The molecule has 0 unspecified atom stereocenters. The van der Waals surface area contributed by atoms with E-state index in [1.165, 1.54) is 17.4 Å². The van der Waals surface area contributed by atoms with Crippen LogP contribution in [-0.2, 0) is 24.2 Å². The molecule has 2 rings (SSSR count). The third-order valence-electron chi connectivity index (χ3n) is 2.75. The Balaban J connectivity index is 2.04. The van der Waals surface area contributed by atoms with E-state index in [4.69, 9.17) is 5.11 Å². The summed E-state index contributed by atoms with van der Waals surface area (Å²) in [7, 11) is 0. The van der Waals surface area contributed by atoms with Gasteiger partial charge < -0.3 is 9.67 Å². The predicted molar refractivity (Wildman–Crippen MR) is 72.6 cm³/mol. The van der Waals surface area contributed by atoms with Gasteiger partial charge in [0.2, 0.25) is 0 Å². The number of thiazole rings is 1. The Morgan fingerprint density at radius 3 is 2.95 bits per heavy atom. The smallest absolute Gasteiger partial charge is 0.309 e. The molecular formula is C13H14N2O3S. The highest BCUT2D eigenvalue weighted by molar-refractivity contribution is 7.09. The van der Waals surface area contributed by atoms with Gasteiger partial charge in [0, 0.05) is 30.1 Å². The molecule has 0 spiro atoms. The molecule has 5 nitrogen and oxygen atoms in total. The number of aryl methyl sites for hydroxylation is 2. The van der Waals surface area contributed by atoms with Crippen molar-refractivity contribution in [1.29, 1.82) is 0 Å². The maximum Gasteiger partial charge on any atom is 0.309 e. The summed E-state index contributed by atoms with van der Waals surface area (Å²) < 4.78 is 1.69. The van der Waals surface area contributed by atoms with Crippen LogP contribution in [0.5, 0.6) is 0 Å². The lowest BCUT2D eigenvalue weighted by molar-refractivity contribution is -0.136. The van der Waals surface area contributed by atoms with Crippen LogP contribution in [0.2, 0.25) is 0 Å². The number of nitrogens with zero attached hydrogens (tertiary/aromatic N) is 2. The molecule has 0 bridgehead atoms. The van der Waals surface area contributed by atoms with E-state index in [-0.39, 0.29) is 12.0 Å². The van der Waals surface area contributed by atoms with Gasteiger partial charge in [-0.15, -0.1) is 11.3 Å². The molecule has 0 saturated carbocycles. The van der Waals surface area contributed by atoms with E-state index in [0.29, 0.717) is 18.7 Å². The quantitative estimate of drug-likeness (QED) is 0.899. The number of pyridine rings is 1. The summed E-state index contributed by atoms with van der Waals surface area (Å²) in [5, 5.41) is 11.3. The van der Waals surface area contributed by atoms with Gasteiger partial charge in [-0.3, -0.25) is 9.59 Å². The first-order valence-electron chi connectivity index (χ1n) is 5.88. The van der Waals surface area contributed by atoms with Crippen LogP contribution < -0.4 is 5.56 Å². The van der Waals surface area contributed by atoms with Gasteiger partial charge in [0.05, 0.1) is 17.1 Å². The largest absolute Gasteiger partial charge is 0.481 e. The lowest BCUT2D eigenvalue weighted by Crippen LogP contribution is -2.21. The summed E-state index contributed by atoms with van der Waals surface area (Å²) in [6.07, 6.45) is 0.579. The number of carbonyl (C=O) groups is 1. The van der Waals surface area contributed by atoms with Crippen LogP contribution in [0.25, 0.3) is 0 Å². The number of carboxylic acid groups (broad SMARTS) is 1. The van der Waals surface area contributed by atoms with Crippen molar-refractivity contribution < 1.29 is 9.90 Å². The molecule has 0 fully saturated rings. The second-order valence-electron chi connectivity index (χ2n) is 4.21. The molecule has 0 aliphatic rings. The zero-order chi connectivity index (χ0) is 13.8. The average molecular weight is 278 g/mol. The van der Waals surface area contributed by atoms with Gasteiger partial charge in [0.15, 0.2) is 0 Å². The molecule has 1 N–H and O–H groups in total. The molecule has 100 valence electrons. The van der Waals surface area contributed by atoms with Crippen molar-refractivity contribution in [1.82, 2.24) is 9.55 Å². The molecule has 0 aliphatic heterocycles. The summed E-state index contributed by atoms with van der Waals surface area (Å²) in [5.41, 5.74) is 1.46. The number of hydrogen-bond acceptors (Lipinski definition) is 4. The van der Waals surface area contributed by atoms with Crippen LogP contribution in [0, 0.1) is 6.92 Å². The lowest BCUT2D eigenvalue weighted by Gasteiger charge is -2.07. The van der Waals surface area contributed by atoms with E-state index in [9.17, 15) is 9.59 Å². The van der Waals surface area contributed by atoms with E-state index in [0.717, 1.165) is 10.7 Å². The topological polar surface area (TPSA) is 72.2 Å². The zero-order valence-corrected chi connectivity index (χ0v) is 11.3. The summed E-state index contributed by atoms with van der Waals surface area (Å²) in [4.78, 5) is 26.5. The molecule has 0 aliphatic carbocycles. The Morgan fingerprint density at radius 1 is 1.47 bits per heavy atom. The molecule has 2 heterocycles. The first-order chi connectivity index (χ1) is 9.06. The van der Waals surface area contributed by atoms with Crippen molar-refractivity contribution in [3.05, 3.63) is 50.3 Å². The Kier molecular flexibility index (Phi) is 4.11. The van der Waals surface area contributed by atoms with Crippen molar-refractivity contribution >= 4 is 17.3 Å². The van der Waals surface area contributed by atoms with Crippen LogP contribution in [0.1, 0.15) is 16.4 Å². The first-order valence-corrected chi connectivity index (χ1v) is 6.76. The Hall–Kier alpha value is -1.95. The van der Waals surface area contributed by atoms with Gasteiger partial charge in [-0.25, -0.2) is 4.98 Å². The number of hydrogen-bond donors (Lipinski definition) is 1. The fourth-order valence-electron chi connectivity index (χ4n) is 1.82. The minimum Gasteiger partial charge on any atom is -0.481 e. The standard InChI is InChI=1S/C13H14N2O3S/c1-9-3-2-4-12(16)15(9)6-5-11-14-10(8-19-11)7-13(17)18/h2-4,8H,5-7H2,1H3,(H,17,18). The average Bonchev–Trinajstić information content (AvgIpc) is 2.75. The Morgan fingerprint density at radius 2 is 2.26 bits per heavy atom. The van der Waals surface area contributed by atoms with Crippen LogP contribution in [0.4, 0.5) is 0 Å². The molecular weight excluding hydrogens is 264 g/mol. The third-order valence-corrected chi connectivity index (χ3v) is 3.71. The summed E-state index contributed by atoms with van der Waals surface area (Å²) >= 11 is 1.43. The van der Waals surface area contributed by atoms with E-state index < -0.39 is 5.97 Å². The van der Waals surface area contributed by atoms with Gasteiger partial charge in [0.1, 0.15) is 0 Å². The van der Waals surface area contributed by atoms with Crippen molar-refractivity contribution in [2.45, 2.75) is 26.3 Å². The molecule has 0 radical (unpaired) electrons. The Labute approximate surface area is 114 Å². The van der Waals surface area contributed by atoms with Gasteiger partial charge in [-0.1, -0.05) is 6.07 Å². The second kappa shape index (κ2) is 5.79. The number of carboxylic acids is 1. The van der Waals surface area contributed by atoms with Crippen molar-refractivity contribution in [3.8, 4) is 0 Å². The van der Waals surface area contributed by atoms with Gasteiger partial charge in [-0.05, 0) is 13.0 Å². The Bertz CT molecular complexity index is 645. The van der Waals surface area contributed by atoms with Crippen molar-refractivity contribution in [2.24, 2.45) is 0 Å². The fourth-order valence-corrected chi connectivity index (χ4v) is 2.60. The molecule has 0 amide bonds. The summed E-state index contributed by atoms with van der Waals surface area (Å²) in [6.45, 7) is 2.45. The monoisotopic (exact) mass is 278 g/mol. The van der Waals surface area contributed by atoms with Crippen LogP contribution in [-0.4, -0.2) is 20.6 Å². The second-order valence-corrected chi connectivity index (χ2v) is 5.15. The molecule has 0 saturated heterocycles. The zero-order valence-electron chi connectivity index (χ0n) is 10.5. The van der Waals surface area contributed by atoms with Crippen molar-refractivity contribution in [2.75, 3.05) is 0 Å². The normalized spacial score (nSPS) is 10.6. The molecule has 0 aromatic carbocycles. The SMILES string of the molecule is Cc1cccc(=O)n1CCc1nc(CC(=O)O)cs1. The molecule has 0 atom stereocenters.